The Bertz CT molecular complexity index is 534. The van der Waals surface area contributed by atoms with Crippen molar-refractivity contribution < 1.29 is 9.18 Å². The average Bonchev–Trinajstić information content (AvgIpc) is 3.11. The molecule has 4 rings (SSSR count). The number of halogens is 1. The van der Waals surface area contributed by atoms with E-state index in [9.17, 15) is 9.18 Å². The summed E-state index contributed by atoms with van der Waals surface area (Å²) in [6.07, 6.45) is 5.54. The highest BCUT2D eigenvalue weighted by Gasteiger charge is 2.59. The fourth-order valence-corrected chi connectivity index (χ4v) is 3.33. The van der Waals surface area contributed by atoms with Crippen molar-refractivity contribution >= 4 is 5.91 Å². The monoisotopic (exact) mass is 274 g/mol. The SMILES string of the molecule is O=C1N(CC2CCC2)C(c2ccc(F)cc2)NC12CC2. The maximum atomic E-state index is 13.1. The number of benzene rings is 1. The Hall–Kier alpha value is -1.42. The Kier molecular flexibility index (Phi) is 2.64. The average molecular weight is 274 g/mol. The zero-order valence-electron chi connectivity index (χ0n) is 11.4. The van der Waals surface area contributed by atoms with Gasteiger partial charge in [0.1, 0.15) is 17.5 Å². The van der Waals surface area contributed by atoms with E-state index < -0.39 is 0 Å². The zero-order valence-corrected chi connectivity index (χ0v) is 11.4. The Morgan fingerprint density at radius 1 is 1.25 bits per heavy atom. The third-order valence-electron chi connectivity index (χ3n) is 5.01. The van der Waals surface area contributed by atoms with E-state index in [1.54, 1.807) is 12.1 Å². The van der Waals surface area contributed by atoms with Gasteiger partial charge in [0.05, 0.1) is 0 Å². The smallest absolute Gasteiger partial charge is 0.244 e. The van der Waals surface area contributed by atoms with Crippen LogP contribution in [0.4, 0.5) is 4.39 Å². The molecule has 1 amide bonds. The second kappa shape index (κ2) is 4.29. The molecule has 1 N–H and O–H groups in total. The Morgan fingerprint density at radius 2 is 1.95 bits per heavy atom. The molecule has 1 saturated heterocycles. The van der Waals surface area contributed by atoms with Crippen LogP contribution in [0, 0.1) is 11.7 Å². The predicted molar refractivity (Wildman–Crippen MR) is 73.3 cm³/mol. The van der Waals surface area contributed by atoms with Crippen molar-refractivity contribution in [2.75, 3.05) is 6.54 Å². The van der Waals surface area contributed by atoms with E-state index in [0.29, 0.717) is 5.92 Å². The number of nitrogens with zero attached hydrogens (tertiary/aromatic N) is 1. The molecule has 1 aromatic rings. The highest BCUT2D eigenvalue weighted by Crippen LogP contribution is 2.46. The third-order valence-corrected chi connectivity index (χ3v) is 5.01. The molecule has 2 saturated carbocycles. The summed E-state index contributed by atoms with van der Waals surface area (Å²) in [6, 6.07) is 6.52. The fourth-order valence-electron chi connectivity index (χ4n) is 3.33. The minimum atomic E-state index is -0.303. The lowest BCUT2D eigenvalue weighted by Crippen LogP contribution is -2.37. The second-order valence-corrected chi connectivity index (χ2v) is 6.43. The standard InChI is InChI=1S/C16H19FN2O/c17-13-6-4-12(5-7-13)14-18-16(8-9-16)15(20)19(14)10-11-2-1-3-11/h4-7,11,14,18H,1-3,8-10H2. The molecule has 3 nitrogen and oxygen atoms in total. The Labute approximate surface area is 118 Å². The summed E-state index contributed by atoms with van der Waals surface area (Å²) in [5, 5.41) is 3.48. The lowest BCUT2D eigenvalue weighted by molar-refractivity contribution is -0.131. The first-order chi connectivity index (χ1) is 9.68. The highest BCUT2D eigenvalue weighted by molar-refractivity contribution is 5.92. The summed E-state index contributed by atoms with van der Waals surface area (Å²) in [5.74, 6) is 0.668. The predicted octanol–water partition coefficient (Wildman–Crippen LogP) is 2.59. The van der Waals surface area contributed by atoms with E-state index in [1.165, 1.54) is 31.4 Å². The van der Waals surface area contributed by atoms with Crippen LogP contribution >= 0.6 is 0 Å². The van der Waals surface area contributed by atoms with Gasteiger partial charge in [0.25, 0.3) is 0 Å². The van der Waals surface area contributed by atoms with Crippen LogP contribution in [0.25, 0.3) is 0 Å². The van der Waals surface area contributed by atoms with Gasteiger partial charge in [-0.05, 0) is 49.3 Å². The lowest BCUT2D eigenvalue weighted by atomic mass is 9.85. The van der Waals surface area contributed by atoms with Crippen LogP contribution in [0.15, 0.2) is 24.3 Å². The molecule has 1 aliphatic heterocycles. The second-order valence-electron chi connectivity index (χ2n) is 6.43. The minimum Gasteiger partial charge on any atom is -0.321 e. The van der Waals surface area contributed by atoms with Gasteiger partial charge in [-0.3, -0.25) is 10.1 Å². The number of hydrogen-bond donors (Lipinski definition) is 1. The van der Waals surface area contributed by atoms with Crippen molar-refractivity contribution in [3.8, 4) is 0 Å². The van der Waals surface area contributed by atoms with Gasteiger partial charge in [0.2, 0.25) is 5.91 Å². The van der Waals surface area contributed by atoms with Gasteiger partial charge in [0, 0.05) is 6.54 Å². The summed E-state index contributed by atoms with van der Waals surface area (Å²) in [6.45, 7) is 0.843. The topological polar surface area (TPSA) is 32.3 Å². The molecular formula is C16H19FN2O. The molecular weight excluding hydrogens is 255 g/mol. The number of rotatable bonds is 3. The Balaban J connectivity index is 1.61. The molecule has 106 valence electrons. The van der Waals surface area contributed by atoms with Gasteiger partial charge in [-0.1, -0.05) is 18.6 Å². The zero-order chi connectivity index (χ0) is 13.7. The van der Waals surface area contributed by atoms with E-state index in [4.69, 9.17) is 0 Å². The summed E-state index contributed by atoms with van der Waals surface area (Å²) in [4.78, 5) is 14.6. The van der Waals surface area contributed by atoms with Crippen molar-refractivity contribution in [2.24, 2.45) is 5.92 Å². The highest BCUT2D eigenvalue weighted by atomic mass is 19.1. The number of hydrogen-bond acceptors (Lipinski definition) is 2. The van der Waals surface area contributed by atoms with E-state index in [2.05, 4.69) is 5.32 Å². The summed E-state index contributed by atoms with van der Waals surface area (Å²) in [5.41, 5.74) is 0.686. The van der Waals surface area contributed by atoms with Crippen molar-refractivity contribution in [1.82, 2.24) is 10.2 Å². The lowest BCUT2D eigenvalue weighted by Gasteiger charge is -2.33. The van der Waals surface area contributed by atoms with E-state index in [0.717, 1.165) is 24.9 Å². The molecule has 20 heavy (non-hydrogen) atoms. The molecule has 0 bridgehead atoms. The van der Waals surface area contributed by atoms with Gasteiger partial charge >= 0.3 is 0 Å². The van der Waals surface area contributed by atoms with Crippen LogP contribution in [-0.2, 0) is 4.79 Å². The molecule has 1 aromatic carbocycles. The van der Waals surface area contributed by atoms with E-state index >= 15 is 0 Å². The summed E-state index contributed by atoms with van der Waals surface area (Å²) in [7, 11) is 0. The number of carbonyl (C=O) groups excluding carboxylic acids is 1. The molecule has 0 aromatic heterocycles. The summed E-state index contributed by atoms with van der Waals surface area (Å²) < 4.78 is 13.1. The molecule has 1 spiro atoms. The molecule has 4 heteroatoms. The van der Waals surface area contributed by atoms with Gasteiger partial charge in [-0.15, -0.1) is 0 Å². The molecule has 2 aliphatic carbocycles. The largest absolute Gasteiger partial charge is 0.321 e. The number of carbonyl (C=O) groups is 1. The minimum absolute atomic E-state index is 0.0776. The van der Waals surface area contributed by atoms with Crippen molar-refractivity contribution in [3.63, 3.8) is 0 Å². The summed E-state index contributed by atoms with van der Waals surface area (Å²) >= 11 is 0. The normalized spacial score (nSPS) is 27.9. The van der Waals surface area contributed by atoms with Crippen LogP contribution < -0.4 is 5.32 Å². The van der Waals surface area contributed by atoms with Gasteiger partial charge in [-0.2, -0.15) is 0 Å². The van der Waals surface area contributed by atoms with E-state index in [-0.39, 0.29) is 23.4 Å². The van der Waals surface area contributed by atoms with Crippen LogP contribution in [-0.4, -0.2) is 22.9 Å². The van der Waals surface area contributed by atoms with E-state index in [1.807, 2.05) is 4.90 Å². The molecule has 1 heterocycles. The maximum Gasteiger partial charge on any atom is 0.244 e. The van der Waals surface area contributed by atoms with Gasteiger partial charge in [-0.25, -0.2) is 4.39 Å². The van der Waals surface area contributed by atoms with Crippen LogP contribution in [0.3, 0.4) is 0 Å². The van der Waals surface area contributed by atoms with Gasteiger partial charge < -0.3 is 4.90 Å². The first-order valence-electron chi connectivity index (χ1n) is 7.52. The van der Waals surface area contributed by atoms with Crippen molar-refractivity contribution in [1.29, 1.82) is 0 Å². The molecule has 1 atom stereocenters. The van der Waals surface area contributed by atoms with Crippen molar-refractivity contribution in [3.05, 3.63) is 35.6 Å². The number of amides is 1. The van der Waals surface area contributed by atoms with Crippen LogP contribution in [0.5, 0.6) is 0 Å². The molecule has 0 radical (unpaired) electrons. The molecule has 3 aliphatic rings. The first-order valence-corrected chi connectivity index (χ1v) is 7.52. The quantitative estimate of drug-likeness (QED) is 0.919. The Morgan fingerprint density at radius 3 is 2.50 bits per heavy atom. The fraction of sp³-hybridized carbons (Fsp3) is 0.562. The molecule has 1 unspecified atom stereocenters. The maximum absolute atomic E-state index is 13.1. The van der Waals surface area contributed by atoms with Crippen LogP contribution in [0.1, 0.15) is 43.8 Å². The third kappa shape index (κ3) is 1.85. The van der Waals surface area contributed by atoms with Crippen molar-refractivity contribution in [2.45, 2.75) is 43.8 Å². The molecule has 3 fully saturated rings. The first kappa shape index (κ1) is 12.3. The van der Waals surface area contributed by atoms with Crippen LogP contribution in [0.2, 0.25) is 0 Å². The van der Waals surface area contributed by atoms with Gasteiger partial charge in [0.15, 0.2) is 0 Å². The number of nitrogens with one attached hydrogen (secondary N) is 1.